The zero-order valence-electron chi connectivity index (χ0n) is 12.4. The van der Waals surface area contributed by atoms with Crippen LogP contribution in [0, 0.1) is 5.92 Å². The van der Waals surface area contributed by atoms with Crippen LogP contribution < -0.4 is 9.64 Å². The molecule has 0 spiro atoms. The molecule has 0 radical (unpaired) electrons. The molecular weight excluding hydrogens is 250 g/mol. The Hall–Kier alpha value is -1.51. The highest BCUT2D eigenvalue weighted by atomic mass is 16.5. The van der Waals surface area contributed by atoms with E-state index in [9.17, 15) is 4.79 Å². The van der Waals surface area contributed by atoms with Gasteiger partial charge in [-0.1, -0.05) is 13.3 Å². The van der Waals surface area contributed by atoms with Crippen LogP contribution in [-0.2, 0) is 17.6 Å². The van der Waals surface area contributed by atoms with Crippen molar-refractivity contribution in [3.05, 3.63) is 23.3 Å². The number of ether oxygens (including phenoxy) is 1. The van der Waals surface area contributed by atoms with Crippen molar-refractivity contribution in [3.8, 4) is 5.75 Å². The fourth-order valence-electron chi connectivity index (χ4n) is 3.47. The predicted molar refractivity (Wildman–Crippen MR) is 80.4 cm³/mol. The summed E-state index contributed by atoms with van der Waals surface area (Å²) in [6.07, 6.45) is 6.41. The van der Waals surface area contributed by atoms with Gasteiger partial charge in [-0.2, -0.15) is 0 Å². The average molecular weight is 273 g/mol. The number of hydrogen-bond acceptors (Lipinski definition) is 2. The largest absolute Gasteiger partial charge is 0.495 e. The Balaban J connectivity index is 1.99. The van der Waals surface area contributed by atoms with Gasteiger partial charge in [-0.15, -0.1) is 0 Å². The Bertz CT molecular complexity index is 524. The Labute approximate surface area is 120 Å². The maximum absolute atomic E-state index is 12.0. The monoisotopic (exact) mass is 273 g/mol. The number of anilines is 1. The molecule has 1 aliphatic heterocycles. The molecule has 20 heavy (non-hydrogen) atoms. The minimum atomic E-state index is 0.228. The summed E-state index contributed by atoms with van der Waals surface area (Å²) in [6, 6.07) is 4.36. The Kier molecular flexibility index (Phi) is 3.68. The molecule has 1 aromatic carbocycles. The second-order valence-electron chi connectivity index (χ2n) is 5.96. The number of benzene rings is 1. The van der Waals surface area contributed by atoms with Crippen molar-refractivity contribution in [1.82, 2.24) is 0 Å². The molecule has 108 valence electrons. The minimum Gasteiger partial charge on any atom is -0.495 e. The average Bonchev–Trinajstić information content (AvgIpc) is 2.91. The van der Waals surface area contributed by atoms with Gasteiger partial charge in [0.25, 0.3) is 0 Å². The first kappa shape index (κ1) is 13.5. The van der Waals surface area contributed by atoms with Gasteiger partial charge in [0.15, 0.2) is 0 Å². The van der Waals surface area contributed by atoms with Gasteiger partial charge < -0.3 is 9.64 Å². The summed E-state index contributed by atoms with van der Waals surface area (Å²) in [7, 11) is 1.70. The van der Waals surface area contributed by atoms with Crippen LogP contribution in [0.3, 0.4) is 0 Å². The fourth-order valence-corrected chi connectivity index (χ4v) is 3.47. The Morgan fingerprint density at radius 1 is 1.30 bits per heavy atom. The van der Waals surface area contributed by atoms with E-state index < -0.39 is 0 Å². The summed E-state index contributed by atoms with van der Waals surface area (Å²) >= 11 is 0. The maximum atomic E-state index is 12.0. The summed E-state index contributed by atoms with van der Waals surface area (Å²) in [6.45, 7) is 3.09. The fraction of sp³-hybridized carbons (Fsp3) is 0.588. The van der Waals surface area contributed by atoms with Gasteiger partial charge in [-0.25, -0.2) is 0 Å². The first-order valence-electron chi connectivity index (χ1n) is 7.73. The first-order chi connectivity index (χ1) is 9.72. The van der Waals surface area contributed by atoms with Crippen LogP contribution in [0.25, 0.3) is 0 Å². The van der Waals surface area contributed by atoms with Crippen LogP contribution in [0.5, 0.6) is 5.75 Å². The summed E-state index contributed by atoms with van der Waals surface area (Å²) in [4.78, 5) is 13.9. The minimum absolute atomic E-state index is 0.228. The SMILES string of the molecule is CCC1CCc2cc(OC)c(N3CCCC3=O)cc2C1. The lowest BCUT2D eigenvalue weighted by molar-refractivity contribution is -0.117. The zero-order chi connectivity index (χ0) is 14.1. The van der Waals surface area contributed by atoms with Crippen LogP contribution >= 0.6 is 0 Å². The molecule has 2 aliphatic rings. The van der Waals surface area contributed by atoms with Crippen LogP contribution in [0.1, 0.15) is 43.7 Å². The predicted octanol–water partition coefficient (Wildman–Crippen LogP) is 3.34. The number of rotatable bonds is 3. The van der Waals surface area contributed by atoms with E-state index in [4.69, 9.17) is 4.74 Å². The van der Waals surface area contributed by atoms with Gasteiger partial charge in [-0.3, -0.25) is 4.79 Å². The van der Waals surface area contributed by atoms with E-state index in [1.165, 1.54) is 24.0 Å². The molecule has 1 atom stereocenters. The van der Waals surface area contributed by atoms with Crippen molar-refractivity contribution < 1.29 is 9.53 Å². The van der Waals surface area contributed by atoms with Crippen molar-refractivity contribution in [1.29, 1.82) is 0 Å². The highest BCUT2D eigenvalue weighted by Crippen LogP contribution is 2.38. The summed E-state index contributed by atoms with van der Waals surface area (Å²) < 4.78 is 5.53. The smallest absolute Gasteiger partial charge is 0.227 e. The van der Waals surface area contributed by atoms with Crippen LogP contribution in [0.15, 0.2) is 12.1 Å². The second-order valence-corrected chi connectivity index (χ2v) is 5.96. The molecule has 1 aromatic rings. The number of carbonyl (C=O) groups excluding carboxylic acids is 1. The molecule has 0 saturated carbocycles. The van der Waals surface area contributed by atoms with Crippen molar-refractivity contribution in [2.24, 2.45) is 5.92 Å². The molecule has 1 saturated heterocycles. The molecule has 3 heteroatoms. The lowest BCUT2D eigenvalue weighted by atomic mass is 9.82. The standard InChI is InChI=1S/C17H23NO2/c1-3-12-6-7-13-11-16(20-2)15(10-14(13)9-12)18-8-4-5-17(18)19/h10-12H,3-9H2,1-2H3. The lowest BCUT2D eigenvalue weighted by Crippen LogP contribution is -2.25. The molecule has 0 aromatic heterocycles. The van der Waals surface area contributed by atoms with E-state index in [0.717, 1.165) is 43.2 Å². The lowest BCUT2D eigenvalue weighted by Gasteiger charge is -2.27. The van der Waals surface area contributed by atoms with Crippen LogP contribution in [0.4, 0.5) is 5.69 Å². The Morgan fingerprint density at radius 2 is 2.15 bits per heavy atom. The van der Waals surface area contributed by atoms with Crippen LogP contribution in [-0.4, -0.2) is 19.6 Å². The number of aryl methyl sites for hydroxylation is 1. The number of methoxy groups -OCH3 is 1. The molecule has 1 aliphatic carbocycles. The normalized spacial score (nSPS) is 22.0. The molecule has 3 rings (SSSR count). The zero-order valence-corrected chi connectivity index (χ0v) is 12.4. The summed E-state index contributed by atoms with van der Waals surface area (Å²) in [5.41, 5.74) is 3.80. The van der Waals surface area contributed by atoms with Gasteiger partial charge in [-0.05, 0) is 54.9 Å². The van der Waals surface area contributed by atoms with E-state index >= 15 is 0 Å². The third-order valence-electron chi connectivity index (χ3n) is 4.77. The number of nitrogens with zero attached hydrogens (tertiary/aromatic N) is 1. The number of hydrogen-bond donors (Lipinski definition) is 0. The highest BCUT2D eigenvalue weighted by molar-refractivity contribution is 5.97. The highest BCUT2D eigenvalue weighted by Gasteiger charge is 2.27. The molecule has 1 heterocycles. The molecule has 3 nitrogen and oxygen atoms in total. The van der Waals surface area contributed by atoms with Crippen molar-refractivity contribution in [2.75, 3.05) is 18.6 Å². The Morgan fingerprint density at radius 3 is 2.80 bits per heavy atom. The molecule has 1 unspecified atom stereocenters. The van der Waals surface area contributed by atoms with Gasteiger partial charge >= 0.3 is 0 Å². The maximum Gasteiger partial charge on any atom is 0.227 e. The van der Waals surface area contributed by atoms with Crippen LogP contribution in [0.2, 0.25) is 0 Å². The quantitative estimate of drug-likeness (QED) is 0.845. The van der Waals surface area contributed by atoms with E-state index in [1.807, 2.05) is 4.90 Å². The third kappa shape index (κ3) is 2.30. The van der Waals surface area contributed by atoms with E-state index in [2.05, 4.69) is 19.1 Å². The number of amides is 1. The van der Waals surface area contributed by atoms with E-state index in [-0.39, 0.29) is 5.91 Å². The van der Waals surface area contributed by atoms with Gasteiger partial charge in [0.2, 0.25) is 5.91 Å². The topological polar surface area (TPSA) is 29.5 Å². The van der Waals surface area contributed by atoms with Crippen molar-refractivity contribution in [2.45, 2.75) is 45.4 Å². The first-order valence-corrected chi connectivity index (χ1v) is 7.73. The third-order valence-corrected chi connectivity index (χ3v) is 4.77. The molecule has 0 bridgehead atoms. The molecule has 0 N–H and O–H groups in total. The van der Waals surface area contributed by atoms with Crippen molar-refractivity contribution >= 4 is 11.6 Å². The van der Waals surface area contributed by atoms with Gasteiger partial charge in [0.05, 0.1) is 12.8 Å². The second kappa shape index (κ2) is 5.47. The molecular formula is C17H23NO2. The molecule has 1 amide bonds. The molecule has 1 fully saturated rings. The van der Waals surface area contributed by atoms with E-state index in [0.29, 0.717) is 6.42 Å². The summed E-state index contributed by atoms with van der Waals surface area (Å²) in [5.74, 6) is 1.87. The van der Waals surface area contributed by atoms with Crippen molar-refractivity contribution in [3.63, 3.8) is 0 Å². The van der Waals surface area contributed by atoms with Gasteiger partial charge in [0.1, 0.15) is 5.75 Å². The van der Waals surface area contributed by atoms with Gasteiger partial charge in [0, 0.05) is 13.0 Å². The number of fused-ring (bicyclic) bond motifs is 1. The summed E-state index contributed by atoms with van der Waals surface area (Å²) in [5, 5.41) is 0. The van der Waals surface area contributed by atoms with E-state index in [1.54, 1.807) is 7.11 Å². The number of carbonyl (C=O) groups is 1.